The molecule has 6 nitrogen and oxygen atoms in total. The van der Waals surface area contributed by atoms with Crippen molar-refractivity contribution in [1.29, 1.82) is 0 Å². The summed E-state index contributed by atoms with van der Waals surface area (Å²) in [5.41, 5.74) is 3.62. The third-order valence-electron chi connectivity index (χ3n) is 3.57. The molecule has 0 aliphatic carbocycles. The lowest BCUT2D eigenvalue weighted by Gasteiger charge is -2.05. The van der Waals surface area contributed by atoms with E-state index in [2.05, 4.69) is 22.8 Å². The highest BCUT2D eigenvalue weighted by atomic mass is 35.5. The Kier molecular flexibility index (Phi) is 8.32. The molecule has 0 saturated heterocycles. The van der Waals surface area contributed by atoms with E-state index in [1.165, 1.54) is 6.21 Å². The zero-order valence-corrected chi connectivity index (χ0v) is 15.8. The van der Waals surface area contributed by atoms with Crippen molar-refractivity contribution in [2.75, 3.05) is 13.2 Å². The monoisotopic (exact) mass is 387 g/mol. The van der Waals surface area contributed by atoms with Crippen LogP contribution >= 0.6 is 11.6 Å². The van der Waals surface area contributed by atoms with E-state index in [-0.39, 0.29) is 12.5 Å². The number of carbonyl (C=O) groups is 2. The number of hydrogen-bond donors (Lipinski definition) is 2. The minimum absolute atomic E-state index is 0.178. The molecule has 0 atom stereocenters. The van der Waals surface area contributed by atoms with Gasteiger partial charge in [-0.2, -0.15) is 5.10 Å². The topological polar surface area (TPSA) is 79.8 Å². The lowest BCUT2D eigenvalue weighted by Crippen LogP contribution is -2.34. The number of unbranched alkanes of at least 4 members (excludes halogenated alkanes) is 1. The zero-order valence-electron chi connectivity index (χ0n) is 15.1. The van der Waals surface area contributed by atoms with Gasteiger partial charge in [-0.05, 0) is 60.5 Å². The first-order valence-corrected chi connectivity index (χ1v) is 9.05. The molecular formula is C20H22ClN3O3. The Morgan fingerprint density at radius 3 is 2.48 bits per heavy atom. The van der Waals surface area contributed by atoms with E-state index in [0.29, 0.717) is 17.2 Å². The quantitative estimate of drug-likeness (QED) is 0.393. The molecule has 0 aliphatic heterocycles. The number of amides is 2. The van der Waals surface area contributed by atoms with Crippen molar-refractivity contribution in [3.05, 3.63) is 64.7 Å². The van der Waals surface area contributed by atoms with Gasteiger partial charge in [-0.25, -0.2) is 5.43 Å². The maximum absolute atomic E-state index is 11.9. The average Bonchev–Trinajstić information content (AvgIpc) is 2.68. The first kappa shape index (κ1) is 20.5. The molecule has 2 amide bonds. The lowest BCUT2D eigenvalue weighted by atomic mass is 10.2. The summed E-state index contributed by atoms with van der Waals surface area (Å²) in [5.74, 6) is 0.0205. The molecule has 142 valence electrons. The summed E-state index contributed by atoms with van der Waals surface area (Å²) >= 11 is 5.77. The van der Waals surface area contributed by atoms with Gasteiger partial charge in [0.15, 0.2) is 0 Å². The van der Waals surface area contributed by atoms with E-state index < -0.39 is 5.91 Å². The van der Waals surface area contributed by atoms with Gasteiger partial charge in [0, 0.05) is 10.6 Å². The highest BCUT2D eigenvalue weighted by molar-refractivity contribution is 6.30. The van der Waals surface area contributed by atoms with Crippen molar-refractivity contribution >= 4 is 29.6 Å². The van der Waals surface area contributed by atoms with Crippen LogP contribution in [0.25, 0.3) is 0 Å². The Balaban J connectivity index is 1.72. The third-order valence-corrected chi connectivity index (χ3v) is 3.82. The van der Waals surface area contributed by atoms with Crippen LogP contribution in [0.1, 0.15) is 35.7 Å². The van der Waals surface area contributed by atoms with Crippen molar-refractivity contribution in [2.24, 2.45) is 5.10 Å². The fourth-order valence-corrected chi connectivity index (χ4v) is 2.19. The van der Waals surface area contributed by atoms with Crippen LogP contribution < -0.4 is 15.5 Å². The number of ether oxygens (including phenoxy) is 1. The third kappa shape index (κ3) is 7.50. The van der Waals surface area contributed by atoms with Crippen molar-refractivity contribution < 1.29 is 14.3 Å². The number of benzene rings is 2. The number of rotatable bonds is 9. The Morgan fingerprint density at radius 1 is 1.11 bits per heavy atom. The molecule has 0 aliphatic rings. The second-order valence-corrected chi connectivity index (χ2v) is 6.19. The number of carbonyl (C=O) groups excluding carboxylic acids is 2. The molecule has 2 aromatic rings. The molecule has 0 fully saturated rings. The maximum atomic E-state index is 11.9. The summed E-state index contributed by atoms with van der Waals surface area (Å²) < 4.78 is 5.58. The molecule has 0 bridgehead atoms. The van der Waals surface area contributed by atoms with Gasteiger partial charge in [-0.1, -0.05) is 24.9 Å². The SMILES string of the molecule is CCCCOc1ccc(/C=N\NC(=O)CNC(=O)c2ccc(Cl)cc2)cc1. The van der Waals surface area contributed by atoms with Crippen LogP contribution in [-0.4, -0.2) is 31.2 Å². The summed E-state index contributed by atoms with van der Waals surface area (Å²) in [4.78, 5) is 23.6. The molecule has 2 aromatic carbocycles. The van der Waals surface area contributed by atoms with Crippen LogP contribution in [0.3, 0.4) is 0 Å². The van der Waals surface area contributed by atoms with E-state index in [0.717, 1.165) is 24.2 Å². The van der Waals surface area contributed by atoms with Crippen LogP contribution in [0, 0.1) is 0 Å². The van der Waals surface area contributed by atoms with Gasteiger partial charge in [0.1, 0.15) is 5.75 Å². The largest absolute Gasteiger partial charge is 0.494 e. The first-order valence-electron chi connectivity index (χ1n) is 8.67. The van der Waals surface area contributed by atoms with E-state index in [9.17, 15) is 9.59 Å². The molecule has 2 N–H and O–H groups in total. The number of nitrogens with one attached hydrogen (secondary N) is 2. The van der Waals surface area contributed by atoms with Gasteiger partial charge in [-0.15, -0.1) is 0 Å². The van der Waals surface area contributed by atoms with E-state index in [4.69, 9.17) is 16.3 Å². The summed E-state index contributed by atoms with van der Waals surface area (Å²) in [6, 6.07) is 13.8. The second kappa shape index (κ2) is 11.0. The van der Waals surface area contributed by atoms with Crippen LogP contribution in [0.4, 0.5) is 0 Å². The molecule has 7 heteroatoms. The smallest absolute Gasteiger partial charge is 0.259 e. The molecule has 0 unspecified atom stereocenters. The standard InChI is InChI=1S/C20H22ClN3O3/c1-2-3-12-27-18-10-4-15(5-11-18)13-23-24-19(25)14-22-20(26)16-6-8-17(21)9-7-16/h4-11,13H,2-3,12,14H2,1H3,(H,22,26)(H,24,25)/b23-13-. The highest BCUT2D eigenvalue weighted by Gasteiger charge is 2.07. The molecule has 2 rings (SSSR count). The van der Waals surface area contributed by atoms with Crippen LogP contribution in [-0.2, 0) is 4.79 Å². The summed E-state index contributed by atoms with van der Waals surface area (Å²) in [6.07, 6.45) is 3.63. The number of nitrogens with zero attached hydrogens (tertiary/aromatic N) is 1. The predicted octanol–water partition coefficient (Wildman–Crippen LogP) is 3.40. The van der Waals surface area contributed by atoms with E-state index in [1.54, 1.807) is 24.3 Å². The number of hydrazone groups is 1. The van der Waals surface area contributed by atoms with E-state index >= 15 is 0 Å². The average molecular weight is 388 g/mol. The van der Waals surface area contributed by atoms with Gasteiger partial charge >= 0.3 is 0 Å². The Labute approximate surface area is 163 Å². The van der Waals surface area contributed by atoms with Crippen LogP contribution in [0.15, 0.2) is 53.6 Å². The maximum Gasteiger partial charge on any atom is 0.259 e. The highest BCUT2D eigenvalue weighted by Crippen LogP contribution is 2.11. The Bertz CT molecular complexity index is 774. The Morgan fingerprint density at radius 2 is 1.81 bits per heavy atom. The van der Waals surface area contributed by atoms with E-state index in [1.807, 2.05) is 24.3 Å². The molecule has 27 heavy (non-hydrogen) atoms. The Hall–Kier alpha value is -2.86. The molecule has 0 heterocycles. The minimum Gasteiger partial charge on any atom is -0.494 e. The first-order chi connectivity index (χ1) is 13.1. The second-order valence-electron chi connectivity index (χ2n) is 5.75. The van der Waals surface area contributed by atoms with Crippen molar-refractivity contribution in [3.63, 3.8) is 0 Å². The molecule has 0 radical (unpaired) electrons. The lowest BCUT2D eigenvalue weighted by molar-refractivity contribution is -0.120. The van der Waals surface area contributed by atoms with Gasteiger partial charge < -0.3 is 10.1 Å². The van der Waals surface area contributed by atoms with Crippen molar-refractivity contribution in [2.45, 2.75) is 19.8 Å². The van der Waals surface area contributed by atoms with Crippen molar-refractivity contribution in [3.8, 4) is 5.75 Å². The summed E-state index contributed by atoms with van der Waals surface area (Å²) in [6.45, 7) is 2.63. The molecule has 0 aromatic heterocycles. The van der Waals surface area contributed by atoms with Crippen LogP contribution in [0.2, 0.25) is 5.02 Å². The molecule has 0 spiro atoms. The van der Waals surface area contributed by atoms with Gasteiger partial charge in [0.25, 0.3) is 11.8 Å². The summed E-state index contributed by atoms with van der Waals surface area (Å²) in [5, 5.41) is 6.93. The minimum atomic E-state index is -0.423. The van der Waals surface area contributed by atoms with Crippen molar-refractivity contribution in [1.82, 2.24) is 10.7 Å². The van der Waals surface area contributed by atoms with Gasteiger partial charge in [0.05, 0.1) is 19.4 Å². The fourth-order valence-electron chi connectivity index (χ4n) is 2.07. The zero-order chi connectivity index (χ0) is 19.5. The van der Waals surface area contributed by atoms with Crippen LogP contribution in [0.5, 0.6) is 5.75 Å². The number of hydrogen-bond acceptors (Lipinski definition) is 4. The van der Waals surface area contributed by atoms with Gasteiger partial charge in [-0.3, -0.25) is 9.59 Å². The fraction of sp³-hybridized carbons (Fsp3) is 0.250. The molecule has 0 saturated carbocycles. The number of halogens is 1. The van der Waals surface area contributed by atoms with Gasteiger partial charge in [0.2, 0.25) is 0 Å². The molecular weight excluding hydrogens is 366 g/mol. The predicted molar refractivity (Wildman–Crippen MR) is 106 cm³/mol. The summed E-state index contributed by atoms with van der Waals surface area (Å²) in [7, 11) is 0. The normalized spacial score (nSPS) is 10.6.